The van der Waals surface area contributed by atoms with Gasteiger partial charge in [0.05, 0.1) is 5.56 Å². The van der Waals surface area contributed by atoms with E-state index in [0.29, 0.717) is 10.5 Å². The fourth-order valence-corrected chi connectivity index (χ4v) is 0.953. The van der Waals surface area contributed by atoms with Crippen LogP contribution in [0, 0.1) is 0 Å². The topological polar surface area (TPSA) is 43.1 Å². The Balaban J connectivity index is 0.000000364. The molecular weight excluding hydrogens is 214 g/mol. The molecule has 0 saturated heterocycles. The zero-order valence-corrected chi connectivity index (χ0v) is 9.89. The van der Waals surface area contributed by atoms with Gasteiger partial charge in [0.1, 0.15) is 0 Å². The quantitative estimate of drug-likeness (QED) is 0.670. The van der Waals surface area contributed by atoms with Crippen LogP contribution in [0.25, 0.3) is 0 Å². The molecule has 14 heavy (non-hydrogen) atoms. The first-order valence-electron chi connectivity index (χ1n) is 4.32. The van der Waals surface area contributed by atoms with Crippen LogP contribution in [0.5, 0.6) is 0 Å². The average Bonchev–Trinajstić information content (AvgIpc) is 2.18. The van der Waals surface area contributed by atoms with E-state index in [1.165, 1.54) is 6.42 Å². The normalized spacial score (nSPS) is 8.79. The van der Waals surface area contributed by atoms with Gasteiger partial charge in [-0.25, -0.2) is 0 Å². The molecule has 4 heteroatoms. The fraction of sp³-hybridized carbons (Fsp3) is 0.300. The summed E-state index contributed by atoms with van der Waals surface area (Å²) in [6.45, 7) is 2.10. The Bertz CT molecular complexity index is 287. The molecule has 0 atom stereocenters. The maximum Gasteiger partial charge on any atom is 0.249 e. The van der Waals surface area contributed by atoms with Crippen LogP contribution in [-0.4, -0.2) is 11.7 Å². The predicted octanol–water partition coefficient (Wildman–Crippen LogP) is 2.40. The molecule has 0 unspecified atom stereocenters. The van der Waals surface area contributed by atoms with Crippen molar-refractivity contribution in [2.45, 2.75) is 18.2 Å². The largest absolute Gasteiger partial charge is 0.366 e. The Kier molecular flexibility index (Phi) is 7.42. The number of carbonyl (C=O) groups is 1. The Hall–Kier alpha value is -0.610. The highest BCUT2D eigenvalue weighted by Crippen LogP contribution is 2.10. The van der Waals surface area contributed by atoms with Crippen molar-refractivity contribution >= 4 is 31.2 Å². The highest BCUT2D eigenvalue weighted by Gasteiger charge is 2.01. The van der Waals surface area contributed by atoms with E-state index >= 15 is 0 Å². The summed E-state index contributed by atoms with van der Waals surface area (Å²) in [7, 11) is 0. The average molecular weight is 229 g/mol. The van der Waals surface area contributed by atoms with Crippen LogP contribution in [0.4, 0.5) is 0 Å². The van der Waals surface area contributed by atoms with Gasteiger partial charge in [-0.3, -0.25) is 4.79 Å². The van der Waals surface area contributed by atoms with Gasteiger partial charge in [-0.2, -0.15) is 12.6 Å². The van der Waals surface area contributed by atoms with Crippen molar-refractivity contribution in [2.24, 2.45) is 5.73 Å². The number of nitrogens with two attached hydrogens (primary N) is 1. The summed E-state index contributed by atoms with van der Waals surface area (Å²) in [5.41, 5.74) is 5.49. The molecule has 0 radical (unpaired) electrons. The molecule has 0 bridgehead atoms. The molecule has 0 saturated carbocycles. The second-order valence-electron chi connectivity index (χ2n) is 2.61. The van der Waals surface area contributed by atoms with Crippen molar-refractivity contribution in [1.82, 2.24) is 0 Å². The third-order valence-corrected chi connectivity index (χ3v) is 2.23. The van der Waals surface area contributed by atoms with Gasteiger partial charge < -0.3 is 5.73 Å². The second kappa shape index (κ2) is 7.76. The van der Waals surface area contributed by atoms with E-state index < -0.39 is 5.91 Å². The van der Waals surface area contributed by atoms with Gasteiger partial charge in [0.2, 0.25) is 5.91 Å². The van der Waals surface area contributed by atoms with Gasteiger partial charge in [-0.15, -0.1) is 12.6 Å². The third kappa shape index (κ3) is 5.19. The Morgan fingerprint density at radius 3 is 2.21 bits per heavy atom. The summed E-state index contributed by atoms with van der Waals surface area (Å²) in [6.07, 6.45) is 1.18. The first-order chi connectivity index (χ1) is 6.63. The highest BCUT2D eigenvalue weighted by molar-refractivity contribution is 7.80. The molecule has 0 heterocycles. The number of amides is 1. The van der Waals surface area contributed by atoms with E-state index in [2.05, 4.69) is 32.2 Å². The Labute approximate surface area is 95.7 Å². The molecule has 0 aliphatic carbocycles. The first kappa shape index (κ1) is 13.4. The monoisotopic (exact) mass is 229 g/mol. The molecule has 0 aliphatic heterocycles. The molecule has 2 N–H and O–H groups in total. The van der Waals surface area contributed by atoms with Crippen molar-refractivity contribution < 1.29 is 4.79 Å². The van der Waals surface area contributed by atoms with Gasteiger partial charge in [-0.05, 0) is 24.3 Å². The minimum atomic E-state index is -0.439. The van der Waals surface area contributed by atoms with Crippen LogP contribution in [-0.2, 0) is 0 Å². The lowest BCUT2D eigenvalue weighted by molar-refractivity contribution is 0.0997. The van der Waals surface area contributed by atoms with E-state index in [9.17, 15) is 4.79 Å². The smallest absolute Gasteiger partial charge is 0.249 e. The number of thiol groups is 2. The maximum absolute atomic E-state index is 10.6. The number of carbonyl (C=O) groups excluding carboxylic acids is 1. The Morgan fingerprint density at radius 2 is 1.93 bits per heavy atom. The number of hydrogen-bond acceptors (Lipinski definition) is 3. The molecule has 0 aliphatic rings. The van der Waals surface area contributed by atoms with Gasteiger partial charge in [0, 0.05) is 4.90 Å². The van der Waals surface area contributed by atoms with Gasteiger partial charge >= 0.3 is 0 Å². The van der Waals surface area contributed by atoms with Crippen LogP contribution in [0.2, 0.25) is 0 Å². The molecule has 0 aromatic heterocycles. The molecule has 2 nitrogen and oxygen atoms in total. The van der Waals surface area contributed by atoms with Crippen LogP contribution < -0.4 is 5.73 Å². The maximum atomic E-state index is 10.6. The molecule has 1 aromatic rings. The van der Waals surface area contributed by atoms with E-state index in [1.807, 2.05) is 0 Å². The SMILES string of the molecule is CCCS.NC(=O)c1ccccc1S. The van der Waals surface area contributed by atoms with Crippen LogP contribution >= 0.6 is 25.3 Å². The number of hydrogen-bond donors (Lipinski definition) is 3. The third-order valence-electron chi connectivity index (χ3n) is 1.39. The second-order valence-corrected chi connectivity index (χ2v) is 3.53. The lowest BCUT2D eigenvalue weighted by Gasteiger charge is -1.96. The number of rotatable bonds is 2. The number of primary amides is 1. The van der Waals surface area contributed by atoms with Crippen molar-refractivity contribution in [3.8, 4) is 0 Å². The molecule has 1 rings (SSSR count). The van der Waals surface area contributed by atoms with Crippen LogP contribution in [0.1, 0.15) is 23.7 Å². The summed E-state index contributed by atoms with van der Waals surface area (Å²) in [4.78, 5) is 11.2. The minimum Gasteiger partial charge on any atom is -0.366 e. The van der Waals surface area contributed by atoms with Crippen molar-refractivity contribution in [3.63, 3.8) is 0 Å². The van der Waals surface area contributed by atoms with E-state index in [0.717, 1.165) is 5.75 Å². The molecule has 0 spiro atoms. The highest BCUT2D eigenvalue weighted by atomic mass is 32.1. The summed E-state index contributed by atoms with van der Waals surface area (Å²) >= 11 is 7.96. The van der Waals surface area contributed by atoms with E-state index in [1.54, 1.807) is 24.3 Å². The van der Waals surface area contributed by atoms with Gasteiger partial charge in [0.25, 0.3) is 0 Å². The van der Waals surface area contributed by atoms with Gasteiger partial charge in [-0.1, -0.05) is 19.1 Å². The summed E-state index contributed by atoms with van der Waals surface area (Å²) < 4.78 is 0. The minimum absolute atomic E-state index is 0.439. The first-order valence-corrected chi connectivity index (χ1v) is 5.40. The van der Waals surface area contributed by atoms with Crippen molar-refractivity contribution in [2.75, 3.05) is 5.75 Å². The predicted molar refractivity (Wildman–Crippen MR) is 66.4 cm³/mol. The number of benzene rings is 1. The summed E-state index contributed by atoms with van der Waals surface area (Å²) in [5, 5.41) is 0. The summed E-state index contributed by atoms with van der Waals surface area (Å²) in [5.74, 6) is 0.575. The molecule has 1 amide bonds. The lowest BCUT2D eigenvalue weighted by Crippen LogP contribution is -2.11. The fourth-order valence-electron chi connectivity index (χ4n) is 0.682. The van der Waals surface area contributed by atoms with E-state index in [-0.39, 0.29) is 0 Å². The van der Waals surface area contributed by atoms with Gasteiger partial charge in [0.15, 0.2) is 0 Å². The molecule has 78 valence electrons. The zero-order valence-electron chi connectivity index (χ0n) is 8.10. The van der Waals surface area contributed by atoms with Crippen molar-refractivity contribution in [3.05, 3.63) is 29.8 Å². The van der Waals surface area contributed by atoms with Crippen LogP contribution in [0.3, 0.4) is 0 Å². The lowest BCUT2D eigenvalue weighted by atomic mass is 10.2. The molecule has 0 fully saturated rings. The van der Waals surface area contributed by atoms with E-state index in [4.69, 9.17) is 5.73 Å². The zero-order chi connectivity index (χ0) is 11.0. The Morgan fingerprint density at radius 1 is 1.43 bits per heavy atom. The molecular formula is C10H15NOS2. The summed E-state index contributed by atoms with van der Waals surface area (Å²) in [6, 6.07) is 6.92. The molecule has 1 aromatic carbocycles. The standard InChI is InChI=1S/C7H7NOS.C3H8S/c8-7(9)5-3-1-2-4-6(5)10;1-2-3-4/h1-4,10H,(H2,8,9);4H,2-3H2,1H3. The van der Waals surface area contributed by atoms with Crippen LogP contribution in [0.15, 0.2) is 29.2 Å². The van der Waals surface area contributed by atoms with Crippen molar-refractivity contribution in [1.29, 1.82) is 0 Å².